The summed E-state index contributed by atoms with van der Waals surface area (Å²) in [6.45, 7) is 4.20. The van der Waals surface area contributed by atoms with Gasteiger partial charge >= 0.3 is 0 Å². The molecule has 0 bridgehead atoms. The molecule has 0 spiro atoms. The van der Waals surface area contributed by atoms with Crippen molar-refractivity contribution in [3.05, 3.63) is 60.4 Å². The quantitative estimate of drug-likeness (QED) is 0.636. The molecule has 1 aliphatic rings. The van der Waals surface area contributed by atoms with Gasteiger partial charge in [-0.15, -0.1) is 0 Å². The minimum atomic E-state index is 0.764. The van der Waals surface area contributed by atoms with Crippen LogP contribution in [0.1, 0.15) is 25.1 Å². The molecule has 4 heteroatoms. The average molecular weight is 319 g/mol. The number of fused-ring (bicyclic) bond motifs is 1. The predicted molar refractivity (Wildman–Crippen MR) is 95.2 cm³/mol. The molecule has 24 heavy (non-hydrogen) atoms. The first-order valence-corrected chi connectivity index (χ1v) is 8.38. The number of pyridine rings is 1. The van der Waals surface area contributed by atoms with Crippen LogP contribution in [0.15, 0.2) is 54.6 Å². The van der Waals surface area contributed by atoms with Crippen molar-refractivity contribution in [1.82, 2.24) is 14.6 Å². The second-order valence-electron chi connectivity index (χ2n) is 6.51. The number of hydrogen-bond acceptors (Lipinski definition) is 3. The summed E-state index contributed by atoms with van der Waals surface area (Å²) in [6.07, 6.45) is 4.57. The number of aromatic nitrogens is 3. The molecule has 1 saturated carbocycles. The summed E-state index contributed by atoms with van der Waals surface area (Å²) >= 11 is 0. The van der Waals surface area contributed by atoms with Gasteiger partial charge in [-0.1, -0.05) is 18.2 Å². The molecule has 1 fully saturated rings. The van der Waals surface area contributed by atoms with E-state index in [-0.39, 0.29) is 0 Å². The van der Waals surface area contributed by atoms with E-state index in [1.807, 2.05) is 40.9 Å². The van der Waals surface area contributed by atoms with Crippen LogP contribution >= 0.6 is 0 Å². The van der Waals surface area contributed by atoms with Gasteiger partial charge in [-0.2, -0.15) is 5.10 Å². The van der Waals surface area contributed by atoms with E-state index in [1.54, 1.807) is 7.11 Å². The zero-order valence-corrected chi connectivity index (χ0v) is 13.9. The molecule has 0 amide bonds. The highest BCUT2D eigenvalue weighted by atomic mass is 16.5. The molecule has 0 N–H and O–H groups in total. The van der Waals surface area contributed by atoms with Gasteiger partial charge in [0.1, 0.15) is 5.75 Å². The fraction of sp³-hybridized carbons (Fsp3) is 0.300. The van der Waals surface area contributed by atoms with E-state index in [1.165, 1.54) is 18.4 Å². The zero-order valence-electron chi connectivity index (χ0n) is 13.9. The molecule has 0 unspecified atom stereocenters. The average Bonchev–Trinajstić information content (AvgIpc) is 3.31. The van der Waals surface area contributed by atoms with Gasteiger partial charge in [-0.25, -0.2) is 9.50 Å². The Kier molecular flexibility index (Phi) is 3.81. The SMILES string of the molecule is C=C(Cc1nc2cccc(-c3ccc(OC)cc3)n2n1)CC1CC1. The van der Waals surface area contributed by atoms with E-state index >= 15 is 0 Å². The highest BCUT2D eigenvalue weighted by Crippen LogP contribution is 2.35. The summed E-state index contributed by atoms with van der Waals surface area (Å²) in [7, 11) is 1.67. The van der Waals surface area contributed by atoms with Gasteiger partial charge in [0, 0.05) is 12.0 Å². The van der Waals surface area contributed by atoms with Crippen molar-refractivity contribution in [2.45, 2.75) is 25.7 Å². The van der Waals surface area contributed by atoms with Crippen molar-refractivity contribution in [2.75, 3.05) is 7.11 Å². The van der Waals surface area contributed by atoms with Gasteiger partial charge in [0.25, 0.3) is 0 Å². The smallest absolute Gasteiger partial charge is 0.156 e. The van der Waals surface area contributed by atoms with Gasteiger partial charge in [0.15, 0.2) is 11.5 Å². The van der Waals surface area contributed by atoms with Crippen LogP contribution in [0.4, 0.5) is 0 Å². The summed E-state index contributed by atoms with van der Waals surface area (Å²) in [6, 6.07) is 14.1. The Morgan fingerprint density at radius 3 is 2.71 bits per heavy atom. The number of methoxy groups -OCH3 is 1. The Morgan fingerprint density at radius 1 is 1.21 bits per heavy atom. The number of allylic oxidation sites excluding steroid dienone is 1. The molecule has 0 atom stereocenters. The van der Waals surface area contributed by atoms with Crippen LogP contribution in [0, 0.1) is 5.92 Å². The molecule has 2 aromatic heterocycles. The second kappa shape index (κ2) is 6.11. The van der Waals surface area contributed by atoms with Crippen molar-refractivity contribution in [2.24, 2.45) is 5.92 Å². The van der Waals surface area contributed by atoms with E-state index in [9.17, 15) is 0 Å². The second-order valence-corrected chi connectivity index (χ2v) is 6.51. The van der Waals surface area contributed by atoms with Gasteiger partial charge < -0.3 is 4.74 Å². The van der Waals surface area contributed by atoms with E-state index < -0.39 is 0 Å². The lowest BCUT2D eigenvalue weighted by atomic mass is 10.1. The highest BCUT2D eigenvalue weighted by molar-refractivity contribution is 5.63. The Hall–Kier alpha value is -2.62. The van der Waals surface area contributed by atoms with E-state index in [0.717, 1.165) is 47.2 Å². The van der Waals surface area contributed by atoms with Gasteiger partial charge in [0.05, 0.1) is 12.8 Å². The number of ether oxygens (including phenoxy) is 1. The first-order chi connectivity index (χ1) is 11.7. The molecule has 0 radical (unpaired) electrons. The first kappa shape index (κ1) is 14.9. The maximum Gasteiger partial charge on any atom is 0.156 e. The molecule has 0 saturated heterocycles. The molecular weight excluding hydrogens is 298 g/mol. The standard InChI is InChI=1S/C20H21N3O/c1-14(12-15-6-7-15)13-19-21-20-5-3-4-18(23(20)22-19)16-8-10-17(24-2)11-9-16/h3-5,8-11,15H,1,6-7,12-13H2,2H3. The fourth-order valence-electron chi connectivity index (χ4n) is 3.03. The van der Waals surface area contributed by atoms with Crippen LogP contribution in [-0.2, 0) is 6.42 Å². The third-order valence-electron chi connectivity index (χ3n) is 4.47. The number of rotatable bonds is 6. The summed E-state index contributed by atoms with van der Waals surface area (Å²) in [5, 5.41) is 4.71. The number of hydrogen-bond donors (Lipinski definition) is 0. The molecule has 122 valence electrons. The molecular formula is C20H21N3O. The van der Waals surface area contributed by atoms with Crippen molar-refractivity contribution >= 4 is 5.65 Å². The van der Waals surface area contributed by atoms with E-state index in [0.29, 0.717) is 0 Å². The van der Waals surface area contributed by atoms with Crippen LogP contribution in [0.3, 0.4) is 0 Å². The minimum Gasteiger partial charge on any atom is -0.497 e. The Balaban J connectivity index is 1.64. The molecule has 0 aliphatic heterocycles. The third-order valence-corrected chi connectivity index (χ3v) is 4.47. The minimum absolute atomic E-state index is 0.764. The normalized spacial score (nSPS) is 14.0. The first-order valence-electron chi connectivity index (χ1n) is 8.38. The van der Waals surface area contributed by atoms with Crippen molar-refractivity contribution in [3.63, 3.8) is 0 Å². The Bertz CT molecular complexity index is 876. The molecule has 2 heterocycles. The molecule has 1 aromatic carbocycles. The molecule has 4 nitrogen and oxygen atoms in total. The zero-order chi connectivity index (χ0) is 16.5. The van der Waals surface area contributed by atoms with Crippen molar-refractivity contribution in [3.8, 4) is 17.0 Å². The number of benzene rings is 1. The summed E-state index contributed by atoms with van der Waals surface area (Å²) in [4.78, 5) is 4.67. The Labute approximate surface area is 141 Å². The predicted octanol–water partition coefficient (Wildman–Crippen LogP) is 4.30. The molecule has 1 aliphatic carbocycles. The van der Waals surface area contributed by atoms with Gasteiger partial charge in [-0.3, -0.25) is 0 Å². The summed E-state index contributed by atoms with van der Waals surface area (Å²) in [5.74, 6) is 2.55. The van der Waals surface area contributed by atoms with Crippen LogP contribution in [-0.4, -0.2) is 21.7 Å². The van der Waals surface area contributed by atoms with Crippen LogP contribution in [0.5, 0.6) is 5.75 Å². The molecule has 4 rings (SSSR count). The molecule has 3 aromatic rings. The van der Waals surface area contributed by atoms with E-state index in [2.05, 4.69) is 17.6 Å². The maximum absolute atomic E-state index is 5.23. The lowest BCUT2D eigenvalue weighted by Crippen LogP contribution is -1.96. The maximum atomic E-state index is 5.23. The van der Waals surface area contributed by atoms with Gasteiger partial charge in [-0.05, 0) is 61.6 Å². The summed E-state index contributed by atoms with van der Waals surface area (Å²) in [5.41, 5.74) is 4.23. The fourth-order valence-corrected chi connectivity index (χ4v) is 3.03. The van der Waals surface area contributed by atoms with Crippen LogP contribution < -0.4 is 4.74 Å². The van der Waals surface area contributed by atoms with Crippen LogP contribution in [0.25, 0.3) is 16.9 Å². The topological polar surface area (TPSA) is 39.4 Å². The van der Waals surface area contributed by atoms with Crippen molar-refractivity contribution in [1.29, 1.82) is 0 Å². The van der Waals surface area contributed by atoms with Crippen LogP contribution in [0.2, 0.25) is 0 Å². The van der Waals surface area contributed by atoms with Crippen molar-refractivity contribution < 1.29 is 4.74 Å². The third kappa shape index (κ3) is 3.04. The monoisotopic (exact) mass is 319 g/mol. The van der Waals surface area contributed by atoms with E-state index in [4.69, 9.17) is 9.84 Å². The summed E-state index contributed by atoms with van der Waals surface area (Å²) < 4.78 is 7.15. The largest absolute Gasteiger partial charge is 0.497 e. The Morgan fingerprint density at radius 2 is 2.00 bits per heavy atom. The lowest BCUT2D eigenvalue weighted by molar-refractivity contribution is 0.415. The highest BCUT2D eigenvalue weighted by Gasteiger charge is 2.22. The number of nitrogens with zero attached hydrogens (tertiary/aromatic N) is 3. The lowest BCUT2D eigenvalue weighted by Gasteiger charge is -2.05. The van der Waals surface area contributed by atoms with Gasteiger partial charge in [0.2, 0.25) is 0 Å².